The first-order valence-corrected chi connectivity index (χ1v) is 20.4. The molecule has 4 aliphatic rings. The molecule has 0 aromatic carbocycles. The number of rotatable bonds is 6. The number of nitrogens with zero attached hydrogens (tertiary/aromatic N) is 3. The number of aryl methyl sites for hydroxylation is 1. The van der Waals surface area contributed by atoms with Crippen molar-refractivity contribution in [1.82, 2.24) is 24.3 Å². The fourth-order valence-electron chi connectivity index (χ4n) is 7.70. The van der Waals surface area contributed by atoms with Crippen LogP contribution in [0.4, 0.5) is 0 Å². The molecule has 2 aromatic heterocycles. The summed E-state index contributed by atoms with van der Waals surface area (Å²) in [6.07, 6.45) is 7.16. The van der Waals surface area contributed by atoms with E-state index in [1.165, 1.54) is 4.90 Å². The SMILES string of the molecule is CC[C@@H]1C[C@]1(NC(=O)[C@@H]1C[C@@H]2CN1C(=O)[C@H](C(C)(C)C)CC(=O)OCC(C)(C)CCCCc1cccn3cc(nc13)C(=O)O2)C(=O)NS(=O)(=O)C1CC1. The number of pyridine rings is 1. The highest BCUT2D eigenvalue weighted by Gasteiger charge is 2.62. The molecular weight excluding hydrogens is 703 g/mol. The van der Waals surface area contributed by atoms with Crippen molar-refractivity contribution < 1.29 is 41.9 Å². The molecule has 3 amide bonds. The van der Waals surface area contributed by atoms with Gasteiger partial charge >= 0.3 is 11.9 Å². The Bertz CT molecular complexity index is 1900. The summed E-state index contributed by atoms with van der Waals surface area (Å²) in [4.78, 5) is 75.2. The van der Waals surface area contributed by atoms with E-state index in [1.807, 2.05) is 59.9 Å². The van der Waals surface area contributed by atoms with Crippen LogP contribution < -0.4 is 10.0 Å². The van der Waals surface area contributed by atoms with Crippen molar-refractivity contribution in [2.45, 2.75) is 129 Å². The highest BCUT2D eigenvalue weighted by Crippen LogP contribution is 2.47. The summed E-state index contributed by atoms with van der Waals surface area (Å²) in [6, 6.07) is 2.69. The predicted molar refractivity (Wildman–Crippen MR) is 194 cm³/mol. The zero-order valence-electron chi connectivity index (χ0n) is 31.6. The van der Waals surface area contributed by atoms with Crippen molar-refractivity contribution in [3.63, 3.8) is 0 Å². The molecule has 14 nitrogen and oxygen atoms in total. The van der Waals surface area contributed by atoms with E-state index in [0.29, 0.717) is 24.9 Å². The van der Waals surface area contributed by atoms with E-state index in [2.05, 4.69) is 15.0 Å². The van der Waals surface area contributed by atoms with Gasteiger partial charge in [-0.3, -0.25) is 23.9 Å². The first kappa shape index (κ1) is 38.7. The number of imidazole rings is 1. The van der Waals surface area contributed by atoms with Crippen LogP contribution in [0, 0.1) is 22.7 Å². The molecule has 0 unspecified atom stereocenters. The van der Waals surface area contributed by atoms with E-state index in [-0.39, 0.29) is 49.4 Å². The molecule has 2 saturated carbocycles. The van der Waals surface area contributed by atoms with Crippen LogP contribution in [-0.4, -0.2) is 88.4 Å². The molecule has 2 aliphatic heterocycles. The van der Waals surface area contributed by atoms with Crippen LogP contribution >= 0.6 is 0 Å². The number of amides is 3. The molecule has 3 fully saturated rings. The predicted octanol–water partition coefficient (Wildman–Crippen LogP) is 3.70. The normalized spacial score (nSPS) is 28.6. The molecule has 290 valence electrons. The van der Waals surface area contributed by atoms with Gasteiger partial charge in [0.1, 0.15) is 23.3 Å². The Balaban J connectivity index is 1.31. The topological polar surface area (TPSA) is 183 Å². The number of carbonyl (C=O) groups excluding carboxylic acids is 5. The number of nitrogens with one attached hydrogen (secondary N) is 2. The van der Waals surface area contributed by atoms with Gasteiger partial charge in [-0.15, -0.1) is 0 Å². The van der Waals surface area contributed by atoms with E-state index < -0.39 is 74.0 Å². The summed E-state index contributed by atoms with van der Waals surface area (Å²) in [5, 5.41) is 2.19. The Hall–Kier alpha value is -4.01. The summed E-state index contributed by atoms with van der Waals surface area (Å²) in [6.45, 7) is 11.5. The van der Waals surface area contributed by atoms with Crippen molar-refractivity contribution in [2.24, 2.45) is 22.7 Å². The van der Waals surface area contributed by atoms with Crippen LogP contribution in [0.25, 0.3) is 5.65 Å². The fraction of sp³-hybridized carbons (Fsp3) is 0.684. The fourth-order valence-corrected chi connectivity index (χ4v) is 9.07. The number of esters is 2. The average Bonchev–Trinajstić information content (AvgIpc) is 3.97. The third kappa shape index (κ3) is 8.39. The maximum Gasteiger partial charge on any atom is 0.358 e. The van der Waals surface area contributed by atoms with E-state index in [9.17, 15) is 32.4 Å². The molecule has 4 bridgehead atoms. The molecule has 2 aliphatic carbocycles. The monoisotopic (exact) mass is 755 g/mol. The van der Waals surface area contributed by atoms with Crippen LogP contribution in [0.3, 0.4) is 0 Å². The van der Waals surface area contributed by atoms with Gasteiger partial charge in [-0.2, -0.15) is 0 Å². The summed E-state index contributed by atoms with van der Waals surface area (Å²) in [7, 11) is -3.88. The van der Waals surface area contributed by atoms with Crippen LogP contribution in [0.2, 0.25) is 0 Å². The maximum absolute atomic E-state index is 14.5. The molecule has 15 heteroatoms. The lowest BCUT2D eigenvalue weighted by molar-refractivity contribution is -0.155. The van der Waals surface area contributed by atoms with Gasteiger partial charge in [0.05, 0.1) is 30.7 Å². The quantitative estimate of drug-likeness (QED) is 0.413. The molecule has 2 N–H and O–H groups in total. The zero-order chi connectivity index (χ0) is 38.5. The Kier molecular flexibility index (Phi) is 10.5. The van der Waals surface area contributed by atoms with Crippen molar-refractivity contribution in [3.05, 3.63) is 35.8 Å². The van der Waals surface area contributed by atoms with Gasteiger partial charge in [0, 0.05) is 18.8 Å². The van der Waals surface area contributed by atoms with Gasteiger partial charge in [-0.05, 0) is 66.9 Å². The van der Waals surface area contributed by atoms with Crippen molar-refractivity contribution in [2.75, 3.05) is 13.2 Å². The minimum absolute atomic E-state index is 0.0771. The molecule has 4 heterocycles. The molecule has 6 rings (SSSR count). The summed E-state index contributed by atoms with van der Waals surface area (Å²) < 4.78 is 41.1. The van der Waals surface area contributed by atoms with E-state index in [0.717, 1.165) is 31.2 Å². The second kappa shape index (κ2) is 14.3. The van der Waals surface area contributed by atoms with Crippen molar-refractivity contribution in [3.8, 4) is 0 Å². The van der Waals surface area contributed by atoms with Crippen LogP contribution in [0.15, 0.2) is 24.5 Å². The number of hydrogen-bond acceptors (Lipinski definition) is 10. The van der Waals surface area contributed by atoms with Gasteiger partial charge in [-0.1, -0.05) is 60.5 Å². The highest BCUT2D eigenvalue weighted by atomic mass is 32.2. The van der Waals surface area contributed by atoms with E-state index >= 15 is 0 Å². The Morgan fingerprint density at radius 2 is 1.85 bits per heavy atom. The first-order chi connectivity index (χ1) is 24.8. The Labute approximate surface area is 311 Å². The van der Waals surface area contributed by atoms with Gasteiger partial charge < -0.3 is 24.1 Å². The lowest BCUT2D eigenvalue weighted by Gasteiger charge is -2.35. The number of fused-ring (bicyclic) bond motifs is 3. The largest absolute Gasteiger partial charge is 0.465 e. The van der Waals surface area contributed by atoms with Crippen molar-refractivity contribution in [1.29, 1.82) is 0 Å². The zero-order valence-corrected chi connectivity index (χ0v) is 32.4. The minimum atomic E-state index is -3.88. The third-order valence-electron chi connectivity index (χ3n) is 11.3. The molecule has 1 saturated heterocycles. The molecule has 2 aromatic rings. The standard InChI is InChI=1S/C38H53N5O9S/c1-7-24-19-38(24,35(48)41-53(49,50)26-13-14-26)40-32(45)29-17-25-20-43(29)33(46)27(36(2,3)4)18-30(44)51-22-37(5,6)15-9-8-11-23-12-10-16-42-21-28(34(47)52-25)39-31(23)42/h10,12,16,21,24-27,29H,7-9,11,13-15,17-20,22H2,1-6H3,(H,40,45)(H,41,48)/t24-,25-,27-,29+,38-/m1/s1. The number of hydrogen-bond donors (Lipinski definition) is 2. The second-order valence-corrected chi connectivity index (χ2v) is 19.2. The average molecular weight is 756 g/mol. The van der Waals surface area contributed by atoms with Gasteiger partial charge in [-0.25, -0.2) is 18.2 Å². The molecule has 0 radical (unpaired) electrons. The molecular formula is C38H53N5O9S. The van der Waals surface area contributed by atoms with Crippen LogP contribution in [-0.2, 0) is 45.1 Å². The number of carbonyl (C=O) groups is 5. The lowest BCUT2D eigenvalue weighted by Crippen LogP contribution is -2.57. The van der Waals surface area contributed by atoms with Crippen molar-refractivity contribution >= 4 is 45.3 Å². The Morgan fingerprint density at radius 1 is 1.11 bits per heavy atom. The van der Waals surface area contributed by atoms with Gasteiger partial charge in [0.2, 0.25) is 21.8 Å². The smallest absolute Gasteiger partial charge is 0.358 e. The van der Waals surface area contributed by atoms with Gasteiger partial charge in [0.25, 0.3) is 5.91 Å². The number of sulfonamides is 1. The Morgan fingerprint density at radius 3 is 2.51 bits per heavy atom. The van der Waals surface area contributed by atoms with E-state index in [4.69, 9.17) is 9.47 Å². The number of ether oxygens (including phenoxy) is 2. The van der Waals surface area contributed by atoms with Crippen LogP contribution in [0.1, 0.15) is 115 Å². The summed E-state index contributed by atoms with van der Waals surface area (Å²) in [5.74, 6) is -4.39. The van der Waals surface area contributed by atoms with Crippen LogP contribution in [0.5, 0.6) is 0 Å². The van der Waals surface area contributed by atoms with E-state index in [1.54, 1.807) is 10.6 Å². The van der Waals surface area contributed by atoms with Gasteiger partial charge in [0.15, 0.2) is 5.69 Å². The highest BCUT2D eigenvalue weighted by molar-refractivity contribution is 7.91. The first-order valence-electron chi connectivity index (χ1n) is 18.9. The second-order valence-electron chi connectivity index (χ2n) is 17.3. The summed E-state index contributed by atoms with van der Waals surface area (Å²) in [5.41, 5.74) is -0.799. The lowest BCUT2D eigenvalue weighted by atomic mass is 9.77. The summed E-state index contributed by atoms with van der Waals surface area (Å²) >= 11 is 0. The number of aromatic nitrogens is 2. The number of cyclic esters (lactones) is 1. The molecule has 0 spiro atoms. The maximum atomic E-state index is 14.5. The minimum Gasteiger partial charge on any atom is -0.465 e. The molecule has 53 heavy (non-hydrogen) atoms. The third-order valence-corrected chi connectivity index (χ3v) is 13.1. The molecule has 5 atom stereocenters.